The van der Waals surface area contributed by atoms with Gasteiger partial charge >= 0.3 is 7.12 Å². The van der Waals surface area contributed by atoms with E-state index in [9.17, 15) is 4.39 Å². The van der Waals surface area contributed by atoms with Crippen LogP contribution in [0.5, 0.6) is 0 Å². The van der Waals surface area contributed by atoms with E-state index in [0.717, 1.165) is 5.56 Å². The van der Waals surface area contributed by atoms with Gasteiger partial charge in [0.25, 0.3) is 0 Å². The fourth-order valence-electron chi connectivity index (χ4n) is 1.97. The van der Waals surface area contributed by atoms with Crippen LogP contribution in [0.4, 0.5) is 4.39 Å². The molecule has 1 aromatic carbocycles. The first-order chi connectivity index (χ1) is 8.77. The topological polar surface area (TPSA) is 18.5 Å². The molecule has 0 spiro atoms. The first kappa shape index (κ1) is 14.1. The maximum absolute atomic E-state index is 14.0. The Bertz CT molecular complexity index is 515. The minimum atomic E-state index is -0.692. The lowest BCUT2D eigenvalue weighted by atomic mass is 9.77. The summed E-state index contributed by atoms with van der Waals surface area (Å²) >= 11 is 0. The Balaban J connectivity index is 2.34. The minimum absolute atomic E-state index is 0.334. The molecule has 1 aromatic rings. The van der Waals surface area contributed by atoms with E-state index in [0.29, 0.717) is 11.9 Å². The van der Waals surface area contributed by atoms with Crippen LogP contribution in [0.1, 0.15) is 33.3 Å². The molecule has 4 heteroatoms. The molecule has 1 aliphatic rings. The third kappa shape index (κ3) is 2.54. The lowest BCUT2D eigenvalue weighted by Crippen LogP contribution is -2.41. The van der Waals surface area contributed by atoms with Crippen molar-refractivity contribution in [3.05, 3.63) is 29.6 Å². The molecule has 100 valence electrons. The van der Waals surface area contributed by atoms with E-state index in [-0.39, 0.29) is 5.82 Å². The largest absolute Gasteiger partial charge is 0.497 e. The molecule has 0 unspecified atom stereocenters. The van der Waals surface area contributed by atoms with Gasteiger partial charge in [0, 0.05) is 11.9 Å². The van der Waals surface area contributed by atoms with Gasteiger partial charge in [-0.25, -0.2) is 4.39 Å². The van der Waals surface area contributed by atoms with Crippen LogP contribution in [0, 0.1) is 18.2 Å². The van der Waals surface area contributed by atoms with E-state index in [1.807, 2.05) is 27.7 Å². The quantitative estimate of drug-likeness (QED) is 0.600. The molecule has 0 aliphatic carbocycles. The van der Waals surface area contributed by atoms with Crippen molar-refractivity contribution in [1.82, 2.24) is 0 Å². The second-order valence-corrected chi connectivity index (χ2v) is 5.83. The van der Waals surface area contributed by atoms with Gasteiger partial charge in [-0.3, -0.25) is 0 Å². The fraction of sp³-hybridized carbons (Fsp3) is 0.467. The van der Waals surface area contributed by atoms with Crippen LogP contribution in [0.2, 0.25) is 0 Å². The molecular formula is C15H18BFO2. The number of rotatable bonds is 2. The highest BCUT2D eigenvalue weighted by atomic mass is 19.1. The second kappa shape index (κ2) is 4.66. The fourth-order valence-corrected chi connectivity index (χ4v) is 1.97. The average Bonchev–Trinajstić information content (AvgIpc) is 2.51. The normalized spacial score (nSPS) is 20.3. The maximum Gasteiger partial charge on any atom is 0.497 e. The number of hydrogen-bond acceptors (Lipinski definition) is 2. The summed E-state index contributed by atoms with van der Waals surface area (Å²) in [7, 11) is -0.692. The number of terminal acetylenes is 1. The monoisotopic (exact) mass is 260 g/mol. The third-order valence-corrected chi connectivity index (χ3v) is 3.87. The zero-order valence-electron chi connectivity index (χ0n) is 11.8. The highest BCUT2D eigenvalue weighted by Crippen LogP contribution is 2.36. The van der Waals surface area contributed by atoms with E-state index in [4.69, 9.17) is 15.7 Å². The summed E-state index contributed by atoms with van der Waals surface area (Å²) in [6.07, 6.45) is 5.75. The van der Waals surface area contributed by atoms with Crippen molar-refractivity contribution in [2.75, 3.05) is 0 Å². The van der Waals surface area contributed by atoms with Crippen LogP contribution < -0.4 is 5.46 Å². The highest BCUT2D eigenvalue weighted by molar-refractivity contribution is 6.62. The van der Waals surface area contributed by atoms with Crippen molar-refractivity contribution < 1.29 is 13.7 Å². The summed E-state index contributed by atoms with van der Waals surface area (Å²) < 4.78 is 25.7. The van der Waals surface area contributed by atoms with Crippen LogP contribution in [0.15, 0.2) is 18.2 Å². The molecule has 2 nitrogen and oxygen atoms in total. The predicted octanol–water partition coefficient (Wildman–Crippen LogP) is 2.30. The minimum Gasteiger partial charge on any atom is -0.399 e. The Hall–Kier alpha value is -1.31. The highest BCUT2D eigenvalue weighted by Gasteiger charge is 2.52. The van der Waals surface area contributed by atoms with Crippen LogP contribution in [0.25, 0.3) is 0 Å². The van der Waals surface area contributed by atoms with E-state index in [1.165, 1.54) is 6.07 Å². The standard InChI is InChI=1S/C15H18BFO2/c1-6-7-11-8-9-13(17)12(10-11)16-18-14(2,3)15(4,5)19-16/h1,8-10H,7H2,2-5H3. The Labute approximate surface area is 114 Å². The zero-order chi connectivity index (χ0) is 14.3. The summed E-state index contributed by atoms with van der Waals surface area (Å²) in [5, 5.41) is 0. The number of hydrogen-bond donors (Lipinski definition) is 0. The van der Waals surface area contributed by atoms with Gasteiger partial charge in [-0.1, -0.05) is 12.1 Å². The molecule has 0 amide bonds. The number of benzene rings is 1. The molecule has 2 rings (SSSR count). The van der Waals surface area contributed by atoms with Gasteiger partial charge in [-0.05, 0) is 39.3 Å². The van der Waals surface area contributed by atoms with E-state index in [2.05, 4.69) is 5.92 Å². The number of halogens is 1. The van der Waals surface area contributed by atoms with Gasteiger partial charge in [0.15, 0.2) is 0 Å². The SMILES string of the molecule is C#CCc1ccc(F)c(B2OC(C)(C)C(C)(C)O2)c1. The summed E-state index contributed by atoms with van der Waals surface area (Å²) in [5.74, 6) is 2.22. The molecule has 0 radical (unpaired) electrons. The van der Waals surface area contributed by atoms with Crippen molar-refractivity contribution in [2.24, 2.45) is 0 Å². The van der Waals surface area contributed by atoms with E-state index < -0.39 is 18.3 Å². The smallest absolute Gasteiger partial charge is 0.399 e. The summed E-state index contributed by atoms with van der Waals surface area (Å²) in [6.45, 7) is 7.76. The van der Waals surface area contributed by atoms with Crippen LogP contribution in [-0.2, 0) is 15.7 Å². The van der Waals surface area contributed by atoms with Crippen molar-refractivity contribution >= 4 is 12.6 Å². The van der Waals surface area contributed by atoms with Crippen molar-refractivity contribution in [3.8, 4) is 12.3 Å². The molecule has 0 aromatic heterocycles. The Kier molecular flexibility index (Phi) is 3.46. The lowest BCUT2D eigenvalue weighted by Gasteiger charge is -2.32. The van der Waals surface area contributed by atoms with Crippen LogP contribution in [-0.4, -0.2) is 18.3 Å². The molecule has 0 bridgehead atoms. The molecule has 0 saturated carbocycles. The Morgan fingerprint density at radius 3 is 2.32 bits per heavy atom. The molecule has 19 heavy (non-hydrogen) atoms. The van der Waals surface area contributed by atoms with Crippen LogP contribution in [0.3, 0.4) is 0 Å². The second-order valence-electron chi connectivity index (χ2n) is 5.83. The maximum atomic E-state index is 14.0. The van der Waals surface area contributed by atoms with Crippen molar-refractivity contribution in [1.29, 1.82) is 0 Å². The summed E-state index contributed by atoms with van der Waals surface area (Å²) in [4.78, 5) is 0. The molecular weight excluding hydrogens is 242 g/mol. The Morgan fingerprint density at radius 2 is 1.79 bits per heavy atom. The first-order valence-corrected chi connectivity index (χ1v) is 6.34. The Morgan fingerprint density at radius 1 is 1.21 bits per heavy atom. The summed E-state index contributed by atoms with van der Waals surface area (Å²) in [5.41, 5.74) is 0.332. The van der Waals surface area contributed by atoms with Gasteiger partial charge in [0.05, 0.1) is 11.2 Å². The van der Waals surface area contributed by atoms with Gasteiger partial charge in [0.2, 0.25) is 0 Å². The lowest BCUT2D eigenvalue weighted by molar-refractivity contribution is 0.00578. The molecule has 0 N–H and O–H groups in total. The third-order valence-electron chi connectivity index (χ3n) is 3.87. The summed E-state index contributed by atoms with van der Waals surface area (Å²) in [6, 6.07) is 4.81. The van der Waals surface area contributed by atoms with Gasteiger partial charge in [-0.2, -0.15) is 0 Å². The van der Waals surface area contributed by atoms with E-state index >= 15 is 0 Å². The van der Waals surface area contributed by atoms with Gasteiger partial charge in [0.1, 0.15) is 5.82 Å². The van der Waals surface area contributed by atoms with Crippen molar-refractivity contribution in [3.63, 3.8) is 0 Å². The molecule has 0 atom stereocenters. The van der Waals surface area contributed by atoms with Crippen LogP contribution >= 0.6 is 0 Å². The van der Waals surface area contributed by atoms with E-state index in [1.54, 1.807) is 12.1 Å². The molecule has 1 saturated heterocycles. The first-order valence-electron chi connectivity index (χ1n) is 6.34. The molecule has 1 aliphatic heterocycles. The average molecular weight is 260 g/mol. The molecule has 1 fully saturated rings. The zero-order valence-corrected chi connectivity index (χ0v) is 11.8. The molecule has 1 heterocycles. The predicted molar refractivity (Wildman–Crippen MR) is 74.7 cm³/mol. The van der Waals surface area contributed by atoms with Crippen molar-refractivity contribution in [2.45, 2.75) is 45.3 Å². The van der Waals surface area contributed by atoms with Gasteiger partial charge in [-0.15, -0.1) is 12.3 Å². The van der Waals surface area contributed by atoms with Gasteiger partial charge < -0.3 is 9.31 Å².